The number of anilines is 1. The molecular weight excluding hydrogens is 360 g/mol. The van der Waals surface area contributed by atoms with Crippen LogP contribution in [-0.2, 0) is 19.1 Å². The molecule has 0 unspecified atom stereocenters. The SMILES string of the molecule is O=C1C[C@H](C(=O)Nc2ccc(C(=O)N3CCOCC3)cc2)C2(CCCCC2)O1. The molecule has 150 valence electrons. The number of morpholine rings is 1. The molecule has 3 aliphatic rings. The highest BCUT2D eigenvalue weighted by Gasteiger charge is 2.52. The normalized spacial score (nSPS) is 24.1. The number of nitrogens with one attached hydrogen (secondary N) is 1. The van der Waals surface area contributed by atoms with Crippen molar-refractivity contribution in [3.63, 3.8) is 0 Å². The zero-order valence-corrected chi connectivity index (χ0v) is 15.9. The van der Waals surface area contributed by atoms with Crippen LogP contribution in [0, 0.1) is 5.92 Å². The van der Waals surface area contributed by atoms with Gasteiger partial charge in [0.05, 0.1) is 25.6 Å². The average molecular weight is 386 g/mol. The molecule has 2 aliphatic heterocycles. The van der Waals surface area contributed by atoms with E-state index in [-0.39, 0.29) is 24.2 Å². The lowest BCUT2D eigenvalue weighted by Crippen LogP contribution is -2.43. The van der Waals surface area contributed by atoms with E-state index in [4.69, 9.17) is 9.47 Å². The summed E-state index contributed by atoms with van der Waals surface area (Å²) in [6, 6.07) is 6.91. The van der Waals surface area contributed by atoms with Crippen LogP contribution in [0.5, 0.6) is 0 Å². The minimum atomic E-state index is -0.633. The minimum Gasteiger partial charge on any atom is -0.458 e. The first kappa shape index (κ1) is 18.9. The van der Waals surface area contributed by atoms with Crippen molar-refractivity contribution < 1.29 is 23.9 Å². The van der Waals surface area contributed by atoms with Crippen molar-refractivity contribution in [2.24, 2.45) is 5.92 Å². The van der Waals surface area contributed by atoms with E-state index in [1.807, 2.05) is 0 Å². The zero-order valence-electron chi connectivity index (χ0n) is 15.9. The van der Waals surface area contributed by atoms with Gasteiger partial charge in [-0.3, -0.25) is 14.4 Å². The third kappa shape index (κ3) is 3.76. The van der Waals surface area contributed by atoms with Gasteiger partial charge in [-0.15, -0.1) is 0 Å². The number of ether oxygens (including phenoxy) is 2. The number of hydrogen-bond acceptors (Lipinski definition) is 5. The van der Waals surface area contributed by atoms with Crippen molar-refractivity contribution >= 4 is 23.5 Å². The Bertz CT molecular complexity index is 749. The van der Waals surface area contributed by atoms with Crippen molar-refractivity contribution in [2.45, 2.75) is 44.1 Å². The fourth-order valence-electron chi connectivity index (χ4n) is 4.50. The van der Waals surface area contributed by atoms with Crippen molar-refractivity contribution in [1.82, 2.24) is 4.90 Å². The molecule has 1 saturated carbocycles. The first-order valence-corrected chi connectivity index (χ1v) is 10.1. The van der Waals surface area contributed by atoms with E-state index < -0.39 is 11.5 Å². The third-order valence-corrected chi connectivity index (χ3v) is 6.04. The van der Waals surface area contributed by atoms with Gasteiger partial charge >= 0.3 is 5.97 Å². The molecule has 2 saturated heterocycles. The summed E-state index contributed by atoms with van der Waals surface area (Å²) in [6.45, 7) is 2.30. The van der Waals surface area contributed by atoms with Crippen molar-refractivity contribution in [3.05, 3.63) is 29.8 Å². The second-order valence-corrected chi connectivity index (χ2v) is 7.83. The molecular formula is C21H26N2O5. The van der Waals surface area contributed by atoms with Crippen molar-refractivity contribution in [3.8, 4) is 0 Å². The number of rotatable bonds is 3. The fourth-order valence-corrected chi connectivity index (χ4v) is 4.50. The molecule has 1 spiro atoms. The average Bonchev–Trinajstić information content (AvgIpc) is 3.04. The number of benzene rings is 1. The summed E-state index contributed by atoms with van der Waals surface area (Å²) in [5.74, 6) is -0.944. The lowest BCUT2D eigenvalue weighted by atomic mass is 9.75. The molecule has 7 heteroatoms. The largest absolute Gasteiger partial charge is 0.458 e. The summed E-state index contributed by atoms with van der Waals surface area (Å²) in [6.07, 6.45) is 4.73. The highest BCUT2D eigenvalue weighted by atomic mass is 16.6. The molecule has 2 heterocycles. The van der Waals surface area contributed by atoms with E-state index in [1.54, 1.807) is 29.2 Å². The summed E-state index contributed by atoms with van der Waals surface area (Å²) in [5.41, 5.74) is 0.572. The lowest BCUT2D eigenvalue weighted by Gasteiger charge is -2.36. The quantitative estimate of drug-likeness (QED) is 0.806. The van der Waals surface area contributed by atoms with Crippen molar-refractivity contribution in [1.29, 1.82) is 0 Å². The molecule has 3 fully saturated rings. The molecule has 1 aliphatic carbocycles. The van der Waals surface area contributed by atoms with Gasteiger partial charge in [-0.2, -0.15) is 0 Å². The number of carbonyl (C=O) groups excluding carboxylic acids is 3. The Morgan fingerprint density at radius 3 is 2.39 bits per heavy atom. The molecule has 1 N–H and O–H groups in total. The standard InChI is InChI=1S/C21H26N2O5/c24-18-14-17(21(28-18)8-2-1-3-9-21)19(25)22-16-6-4-15(5-7-16)20(26)23-10-12-27-13-11-23/h4-7,17H,1-3,8-14H2,(H,22,25)/t17-/m1/s1. The molecule has 1 atom stereocenters. The molecule has 4 rings (SSSR count). The monoisotopic (exact) mass is 386 g/mol. The molecule has 1 aromatic carbocycles. The van der Waals surface area contributed by atoms with E-state index in [0.29, 0.717) is 37.6 Å². The Morgan fingerprint density at radius 2 is 1.71 bits per heavy atom. The van der Waals surface area contributed by atoms with Gasteiger partial charge in [0.25, 0.3) is 5.91 Å². The zero-order chi connectivity index (χ0) is 19.6. The second-order valence-electron chi connectivity index (χ2n) is 7.83. The molecule has 0 bridgehead atoms. The highest BCUT2D eigenvalue weighted by molar-refractivity contribution is 5.98. The molecule has 28 heavy (non-hydrogen) atoms. The maximum atomic E-state index is 12.9. The lowest BCUT2D eigenvalue weighted by molar-refractivity contribution is -0.153. The Hall–Kier alpha value is -2.41. The molecule has 2 amide bonds. The maximum Gasteiger partial charge on any atom is 0.307 e. The Labute approximate surface area is 164 Å². The van der Waals surface area contributed by atoms with Gasteiger partial charge in [0.2, 0.25) is 5.91 Å². The van der Waals surface area contributed by atoms with Crippen LogP contribution >= 0.6 is 0 Å². The van der Waals surface area contributed by atoms with Crippen LogP contribution < -0.4 is 5.32 Å². The Morgan fingerprint density at radius 1 is 1.04 bits per heavy atom. The maximum absolute atomic E-state index is 12.9. The fraction of sp³-hybridized carbons (Fsp3) is 0.571. The van der Waals surface area contributed by atoms with Crippen LogP contribution in [0.25, 0.3) is 0 Å². The van der Waals surface area contributed by atoms with Gasteiger partial charge < -0.3 is 19.7 Å². The number of nitrogens with zero attached hydrogens (tertiary/aromatic N) is 1. The molecule has 0 radical (unpaired) electrons. The number of esters is 1. The Balaban J connectivity index is 1.41. The predicted molar refractivity (Wildman–Crippen MR) is 102 cm³/mol. The highest BCUT2D eigenvalue weighted by Crippen LogP contribution is 2.44. The summed E-state index contributed by atoms with van der Waals surface area (Å²) >= 11 is 0. The van der Waals surface area contributed by atoms with Crippen LogP contribution in [-0.4, -0.2) is 54.6 Å². The van der Waals surface area contributed by atoms with Crippen molar-refractivity contribution in [2.75, 3.05) is 31.6 Å². The summed E-state index contributed by atoms with van der Waals surface area (Å²) in [7, 11) is 0. The Kier molecular flexibility index (Phi) is 5.35. The van der Waals surface area contributed by atoms with E-state index in [2.05, 4.69) is 5.32 Å². The van der Waals surface area contributed by atoms with E-state index in [0.717, 1.165) is 32.1 Å². The van der Waals surface area contributed by atoms with E-state index >= 15 is 0 Å². The van der Waals surface area contributed by atoms with Crippen LogP contribution in [0.2, 0.25) is 0 Å². The number of amides is 2. The van der Waals surface area contributed by atoms with Gasteiger partial charge in [-0.05, 0) is 49.9 Å². The van der Waals surface area contributed by atoms with Crippen LogP contribution in [0.1, 0.15) is 48.9 Å². The van der Waals surface area contributed by atoms with Gasteiger partial charge in [0.15, 0.2) is 0 Å². The number of carbonyl (C=O) groups is 3. The number of hydrogen-bond donors (Lipinski definition) is 1. The topological polar surface area (TPSA) is 84.9 Å². The van der Waals surface area contributed by atoms with Crippen LogP contribution in [0.4, 0.5) is 5.69 Å². The summed E-state index contributed by atoms with van der Waals surface area (Å²) in [5, 5.41) is 2.91. The predicted octanol–water partition coefficient (Wildman–Crippen LogP) is 2.36. The van der Waals surface area contributed by atoms with Gasteiger partial charge in [0, 0.05) is 24.3 Å². The molecule has 0 aromatic heterocycles. The first-order chi connectivity index (χ1) is 13.6. The van der Waals surface area contributed by atoms with Crippen LogP contribution in [0.3, 0.4) is 0 Å². The first-order valence-electron chi connectivity index (χ1n) is 10.1. The minimum absolute atomic E-state index is 0.0304. The molecule has 1 aromatic rings. The third-order valence-electron chi connectivity index (χ3n) is 6.04. The summed E-state index contributed by atoms with van der Waals surface area (Å²) in [4.78, 5) is 39.0. The van der Waals surface area contributed by atoms with E-state index in [9.17, 15) is 14.4 Å². The second kappa shape index (κ2) is 7.91. The van der Waals surface area contributed by atoms with Gasteiger partial charge in [-0.25, -0.2) is 0 Å². The van der Waals surface area contributed by atoms with Gasteiger partial charge in [0.1, 0.15) is 5.60 Å². The van der Waals surface area contributed by atoms with Gasteiger partial charge in [-0.1, -0.05) is 6.42 Å². The molecule has 7 nitrogen and oxygen atoms in total. The smallest absolute Gasteiger partial charge is 0.307 e. The van der Waals surface area contributed by atoms with E-state index in [1.165, 1.54) is 0 Å². The summed E-state index contributed by atoms with van der Waals surface area (Å²) < 4.78 is 10.9. The van der Waals surface area contributed by atoms with Crippen LogP contribution in [0.15, 0.2) is 24.3 Å².